The second-order valence-corrected chi connectivity index (χ2v) is 4.89. The molecule has 0 aliphatic rings. The molecule has 0 aliphatic carbocycles. The number of carbonyl (C=O) groups is 3. The van der Waals surface area contributed by atoms with E-state index >= 15 is 0 Å². The molecule has 1 aromatic rings. The monoisotopic (exact) mass is 277 g/mol. The number of aliphatic carboxylic acids is 1. The Morgan fingerprint density at radius 3 is 2.40 bits per heavy atom. The predicted octanol–water partition coefficient (Wildman–Crippen LogP) is 2.35. The average molecular weight is 277 g/mol. The Morgan fingerprint density at radius 1 is 1.25 bits per heavy atom. The Labute approximate surface area is 118 Å². The summed E-state index contributed by atoms with van der Waals surface area (Å²) in [5.74, 6) is -1.46. The van der Waals surface area contributed by atoms with Crippen LogP contribution >= 0.6 is 0 Å². The number of anilines is 1. The molecule has 108 valence electrons. The van der Waals surface area contributed by atoms with Crippen molar-refractivity contribution in [1.29, 1.82) is 0 Å². The van der Waals surface area contributed by atoms with E-state index in [9.17, 15) is 14.4 Å². The minimum absolute atomic E-state index is 0.0910. The van der Waals surface area contributed by atoms with Crippen molar-refractivity contribution >= 4 is 23.3 Å². The fraction of sp³-hybridized carbons (Fsp3) is 0.400. The van der Waals surface area contributed by atoms with Gasteiger partial charge in [-0.2, -0.15) is 0 Å². The third-order valence-electron chi connectivity index (χ3n) is 2.87. The van der Waals surface area contributed by atoms with Crippen LogP contribution in [0.1, 0.15) is 37.6 Å². The number of amides is 1. The Morgan fingerprint density at radius 2 is 1.90 bits per heavy atom. The van der Waals surface area contributed by atoms with E-state index in [1.165, 1.54) is 11.8 Å². The number of hydrogen-bond acceptors (Lipinski definition) is 3. The van der Waals surface area contributed by atoms with E-state index in [1.54, 1.807) is 38.1 Å². The molecule has 5 heteroatoms. The minimum Gasteiger partial charge on any atom is -0.481 e. The topological polar surface area (TPSA) is 74.7 Å². The molecule has 0 aromatic heterocycles. The van der Waals surface area contributed by atoms with Crippen LogP contribution in [0.3, 0.4) is 0 Å². The van der Waals surface area contributed by atoms with Crippen LogP contribution in [-0.4, -0.2) is 29.3 Å². The van der Waals surface area contributed by atoms with Gasteiger partial charge in [-0.05, 0) is 19.1 Å². The van der Waals surface area contributed by atoms with Crippen molar-refractivity contribution in [3.05, 3.63) is 29.8 Å². The third-order valence-corrected chi connectivity index (χ3v) is 2.87. The van der Waals surface area contributed by atoms with Crippen LogP contribution in [0.5, 0.6) is 0 Å². The van der Waals surface area contributed by atoms with Gasteiger partial charge in [0.1, 0.15) is 0 Å². The molecule has 0 saturated heterocycles. The predicted molar refractivity (Wildman–Crippen MR) is 75.9 cm³/mol. The zero-order valence-corrected chi connectivity index (χ0v) is 11.9. The number of rotatable bonds is 6. The maximum atomic E-state index is 12.2. The summed E-state index contributed by atoms with van der Waals surface area (Å²) in [6.45, 7) is 5.05. The van der Waals surface area contributed by atoms with E-state index in [0.29, 0.717) is 11.3 Å². The van der Waals surface area contributed by atoms with Gasteiger partial charge in [-0.3, -0.25) is 14.4 Å². The van der Waals surface area contributed by atoms with Crippen molar-refractivity contribution in [3.63, 3.8) is 0 Å². The molecule has 0 aliphatic heterocycles. The van der Waals surface area contributed by atoms with Crippen molar-refractivity contribution in [3.8, 4) is 0 Å². The number of hydrogen-bond donors (Lipinski definition) is 1. The van der Waals surface area contributed by atoms with E-state index in [0.717, 1.165) is 0 Å². The molecule has 20 heavy (non-hydrogen) atoms. The van der Waals surface area contributed by atoms with Crippen LogP contribution in [0.2, 0.25) is 0 Å². The molecule has 1 rings (SSSR count). The van der Waals surface area contributed by atoms with Gasteiger partial charge in [-0.25, -0.2) is 0 Å². The van der Waals surface area contributed by atoms with E-state index in [4.69, 9.17) is 5.11 Å². The molecular weight excluding hydrogens is 258 g/mol. The first-order valence-corrected chi connectivity index (χ1v) is 6.47. The van der Waals surface area contributed by atoms with Crippen LogP contribution in [0, 0.1) is 5.92 Å². The highest BCUT2D eigenvalue weighted by molar-refractivity contribution is 5.98. The highest BCUT2D eigenvalue weighted by Gasteiger charge is 2.20. The Balaban J connectivity index is 3.08. The number of Topliss-reactive ketones (excluding diaryl/α,β-unsaturated/α-hetero) is 1. The third kappa shape index (κ3) is 4.19. The molecule has 0 spiro atoms. The SMILES string of the molecule is CC(=O)c1cccc(N(CCC(=O)O)C(=O)C(C)C)c1. The van der Waals surface area contributed by atoms with Gasteiger partial charge in [0.2, 0.25) is 5.91 Å². The van der Waals surface area contributed by atoms with Crippen molar-refractivity contribution < 1.29 is 19.5 Å². The minimum atomic E-state index is -0.964. The highest BCUT2D eigenvalue weighted by atomic mass is 16.4. The van der Waals surface area contributed by atoms with Crippen LogP contribution in [0.25, 0.3) is 0 Å². The smallest absolute Gasteiger partial charge is 0.305 e. The van der Waals surface area contributed by atoms with Gasteiger partial charge < -0.3 is 10.0 Å². The Kier molecular flexibility index (Phi) is 5.43. The normalized spacial score (nSPS) is 10.4. The van der Waals surface area contributed by atoms with Gasteiger partial charge >= 0.3 is 5.97 Å². The number of nitrogens with zero attached hydrogens (tertiary/aromatic N) is 1. The van der Waals surface area contributed by atoms with Crippen molar-refractivity contribution in [2.24, 2.45) is 5.92 Å². The summed E-state index contributed by atoms with van der Waals surface area (Å²) >= 11 is 0. The van der Waals surface area contributed by atoms with Crippen molar-refractivity contribution in [2.45, 2.75) is 27.2 Å². The van der Waals surface area contributed by atoms with Gasteiger partial charge in [0, 0.05) is 23.7 Å². The lowest BCUT2D eigenvalue weighted by Gasteiger charge is -2.24. The number of ketones is 1. The lowest BCUT2D eigenvalue weighted by molar-refractivity contribution is -0.136. The molecule has 5 nitrogen and oxygen atoms in total. The molecule has 0 saturated carbocycles. The van der Waals surface area contributed by atoms with Crippen LogP contribution in [0.4, 0.5) is 5.69 Å². The second kappa shape index (κ2) is 6.84. The summed E-state index contributed by atoms with van der Waals surface area (Å²) in [4.78, 5) is 35.7. The average Bonchev–Trinajstić information content (AvgIpc) is 2.38. The molecule has 0 radical (unpaired) electrons. The first-order valence-electron chi connectivity index (χ1n) is 6.47. The summed E-state index contributed by atoms with van der Waals surface area (Å²) in [6, 6.07) is 6.67. The standard InChI is InChI=1S/C15H19NO4/c1-10(2)15(20)16(8-7-14(18)19)13-6-4-5-12(9-13)11(3)17/h4-6,9-10H,7-8H2,1-3H3,(H,18,19). The first-order chi connectivity index (χ1) is 9.32. The molecule has 0 unspecified atom stereocenters. The van der Waals surface area contributed by atoms with E-state index in [2.05, 4.69) is 0 Å². The Hall–Kier alpha value is -2.17. The Bertz CT molecular complexity index is 522. The summed E-state index contributed by atoms with van der Waals surface area (Å²) in [7, 11) is 0. The fourth-order valence-electron chi connectivity index (χ4n) is 1.78. The summed E-state index contributed by atoms with van der Waals surface area (Å²) in [6.07, 6.45) is -0.136. The van der Waals surface area contributed by atoms with Gasteiger partial charge in [0.15, 0.2) is 5.78 Å². The quantitative estimate of drug-likeness (QED) is 0.810. The second-order valence-electron chi connectivity index (χ2n) is 4.89. The number of carbonyl (C=O) groups excluding carboxylic acids is 2. The molecule has 0 bridgehead atoms. The summed E-state index contributed by atoms with van der Waals surface area (Å²) in [5.41, 5.74) is 1.05. The van der Waals surface area contributed by atoms with Crippen LogP contribution < -0.4 is 4.90 Å². The van der Waals surface area contributed by atoms with E-state index < -0.39 is 5.97 Å². The van der Waals surface area contributed by atoms with Gasteiger partial charge in [0.05, 0.1) is 6.42 Å². The van der Waals surface area contributed by atoms with Crippen LogP contribution in [0.15, 0.2) is 24.3 Å². The first kappa shape index (κ1) is 15.9. The zero-order chi connectivity index (χ0) is 15.3. The van der Waals surface area contributed by atoms with Crippen molar-refractivity contribution in [2.75, 3.05) is 11.4 Å². The maximum Gasteiger partial charge on any atom is 0.305 e. The van der Waals surface area contributed by atoms with Gasteiger partial charge in [-0.1, -0.05) is 26.0 Å². The highest BCUT2D eigenvalue weighted by Crippen LogP contribution is 2.19. The zero-order valence-electron chi connectivity index (χ0n) is 11.9. The summed E-state index contributed by atoms with van der Waals surface area (Å²) in [5, 5.41) is 8.78. The molecular formula is C15H19NO4. The van der Waals surface area contributed by atoms with Gasteiger partial charge in [0.25, 0.3) is 0 Å². The maximum absolute atomic E-state index is 12.2. The molecule has 1 aromatic carbocycles. The molecule has 1 amide bonds. The number of benzene rings is 1. The molecule has 0 heterocycles. The van der Waals surface area contributed by atoms with Gasteiger partial charge in [-0.15, -0.1) is 0 Å². The number of carboxylic acids is 1. The molecule has 1 N–H and O–H groups in total. The van der Waals surface area contributed by atoms with E-state index in [1.807, 2.05) is 0 Å². The summed E-state index contributed by atoms with van der Waals surface area (Å²) < 4.78 is 0. The largest absolute Gasteiger partial charge is 0.481 e. The molecule has 0 fully saturated rings. The fourth-order valence-corrected chi connectivity index (χ4v) is 1.78. The lowest BCUT2D eigenvalue weighted by Crippen LogP contribution is -2.36. The molecule has 0 atom stereocenters. The van der Waals surface area contributed by atoms with E-state index in [-0.39, 0.29) is 30.6 Å². The van der Waals surface area contributed by atoms with Crippen molar-refractivity contribution in [1.82, 2.24) is 0 Å². The van der Waals surface area contributed by atoms with Crippen LogP contribution in [-0.2, 0) is 9.59 Å². The lowest BCUT2D eigenvalue weighted by atomic mass is 10.1. The number of carboxylic acid groups (broad SMARTS) is 1.